The van der Waals surface area contributed by atoms with Gasteiger partial charge in [-0.1, -0.05) is 48.5 Å². The maximum Gasteiger partial charge on any atom is 0.326 e. The standard InChI is InChI=1S/C27H27N3O5/c1-17-10-11-20(14-18(17)2)27(19-8-6-5-7-9-19)25(32)30(26(33)29-27)16-24(31)28-22-15-21(34-3)12-13-23(22)35-4/h5-15H,16H2,1-4H3,(H,28,31)(H,29,33). The molecule has 8 nitrogen and oxygen atoms in total. The molecule has 180 valence electrons. The van der Waals surface area contributed by atoms with Crippen molar-refractivity contribution in [2.75, 3.05) is 26.1 Å². The molecule has 1 fully saturated rings. The molecule has 35 heavy (non-hydrogen) atoms. The first-order valence-corrected chi connectivity index (χ1v) is 11.1. The Bertz CT molecular complexity index is 1290. The Labute approximate surface area is 203 Å². The van der Waals surface area contributed by atoms with E-state index >= 15 is 0 Å². The molecule has 1 heterocycles. The number of hydrogen-bond acceptors (Lipinski definition) is 5. The van der Waals surface area contributed by atoms with Crippen molar-refractivity contribution in [3.05, 3.63) is 89.0 Å². The van der Waals surface area contributed by atoms with Gasteiger partial charge in [0.1, 0.15) is 18.0 Å². The Morgan fingerprint density at radius 3 is 2.31 bits per heavy atom. The van der Waals surface area contributed by atoms with Gasteiger partial charge in [-0.25, -0.2) is 4.79 Å². The van der Waals surface area contributed by atoms with Crippen LogP contribution in [0.3, 0.4) is 0 Å². The summed E-state index contributed by atoms with van der Waals surface area (Å²) in [7, 11) is 2.99. The monoisotopic (exact) mass is 473 g/mol. The molecule has 3 aromatic rings. The lowest BCUT2D eigenvalue weighted by molar-refractivity contribution is -0.133. The molecule has 4 amide bonds. The number of carbonyl (C=O) groups excluding carboxylic acids is 3. The summed E-state index contributed by atoms with van der Waals surface area (Å²) in [6.07, 6.45) is 0. The third kappa shape index (κ3) is 4.30. The topological polar surface area (TPSA) is 97.0 Å². The first-order chi connectivity index (χ1) is 16.8. The largest absolute Gasteiger partial charge is 0.497 e. The Balaban J connectivity index is 1.67. The van der Waals surface area contributed by atoms with Crippen LogP contribution in [0.5, 0.6) is 11.5 Å². The number of nitrogens with zero attached hydrogens (tertiary/aromatic N) is 1. The van der Waals surface area contributed by atoms with Crippen LogP contribution in [0, 0.1) is 13.8 Å². The number of amides is 4. The maximum absolute atomic E-state index is 13.9. The van der Waals surface area contributed by atoms with Crippen molar-refractivity contribution in [3.63, 3.8) is 0 Å². The number of rotatable bonds is 7. The van der Waals surface area contributed by atoms with Crippen LogP contribution in [0.1, 0.15) is 22.3 Å². The molecule has 0 radical (unpaired) electrons. The predicted octanol–water partition coefficient (Wildman–Crippen LogP) is 3.75. The summed E-state index contributed by atoms with van der Waals surface area (Å²) in [6.45, 7) is 3.46. The highest BCUT2D eigenvalue weighted by Gasteiger charge is 2.54. The van der Waals surface area contributed by atoms with Gasteiger partial charge in [-0.2, -0.15) is 0 Å². The summed E-state index contributed by atoms with van der Waals surface area (Å²) >= 11 is 0. The van der Waals surface area contributed by atoms with Gasteiger partial charge >= 0.3 is 6.03 Å². The van der Waals surface area contributed by atoms with Crippen molar-refractivity contribution in [2.24, 2.45) is 0 Å². The van der Waals surface area contributed by atoms with Crippen molar-refractivity contribution in [1.82, 2.24) is 10.2 Å². The molecule has 0 spiro atoms. The van der Waals surface area contributed by atoms with Gasteiger partial charge in [0.2, 0.25) is 5.91 Å². The molecule has 0 saturated carbocycles. The molecule has 1 saturated heterocycles. The number of aryl methyl sites for hydroxylation is 2. The summed E-state index contributed by atoms with van der Waals surface area (Å²) < 4.78 is 10.5. The van der Waals surface area contributed by atoms with E-state index in [1.807, 2.05) is 50.2 Å². The maximum atomic E-state index is 13.9. The summed E-state index contributed by atoms with van der Waals surface area (Å²) in [6, 6.07) is 19.0. The number of urea groups is 1. The fourth-order valence-corrected chi connectivity index (χ4v) is 4.19. The van der Waals surface area contributed by atoms with E-state index in [1.54, 1.807) is 30.3 Å². The molecule has 0 aliphatic carbocycles. The van der Waals surface area contributed by atoms with E-state index in [4.69, 9.17) is 9.47 Å². The molecular weight excluding hydrogens is 446 g/mol. The molecule has 8 heteroatoms. The fourth-order valence-electron chi connectivity index (χ4n) is 4.19. The average Bonchev–Trinajstić information content (AvgIpc) is 3.11. The molecule has 2 N–H and O–H groups in total. The van der Waals surface area contributed by atoms with Crippen LogP contribution < -0.4 is 20.1 Å². The van der Waals surface area contributed by atoms with Crippen LogP contribution in [-0.2, 0) is 15.1 Å². The summed E-state index contributed by atoms with van der Waals surface area (Å²) in [5.74, 6) is -0.132. The number of methoxy groups -OCH3 is 2. The van der Waals surface area contributed by atoms with E-state index in [-0.39, 0.29) is 0 Å². The van der Waals surface area contributed by atoms with E-state index in [2.05, 4.69) is 10.6 Å². The predicted molar refractivity (Wildman–Crippen MR) is 132 cm³/mol. The number of hydrogen-bond donors (Lipinski definition) is 2. The van der Waals surface area contributed by atoms with Gasteiger partial charge in [0.25, 0.3) is 5.91 Å². The highest BCUT2D eigenvalue weighted by molar-refractivity contribution is 6.12. The zero-order chi connectivity index (χ0) is 25.2. The zero-order valence-electron chi connectivity index (χ0n) is 20.0. The Kier molecular flexibility index (Phi) is 6.46. The Hall–Kier alpha value is -4.33. The average molecular weight is 474 g/mol. The molecular formula is C27H27N3O5. The van der Waals surface area contributed by atoms with E-state index in [0.29, 0.717) is 28.3 Å². The van der Waals surface area contributed by atoms with Crippen molar-refractivity contribution in [3.8, 4) is 11.5 Å². The number of benzene rings is 3. The van der Waals surface area contributed by atoms with Crippen molar-refractivity contribution < 1.29 is 23.9 Å². The van der Waals surface area contributed by atoms with Gasteiger partial charge < -0.3 is 20.1 Å². The van der Waals surface area contributed by atoms with Gasteiger partial charge in [0, 0.05) is 6.07 Å². The molecule has 4 rings (SSSR count). The van der Waals surface area contributed by atoms with Crippen LogP contribution in [0.4, 0.5) is 10.5 Å². The SMILES string of the molecule is COc1ccc(OC)c(NC(=O)CN2C(=O)NC(c3ccccc3)(c3ccc(C)c(C)c3)C2=O)c1. The van der Waals surface area contributed by atoms with Gasteiger partial charge in [-0.05, 0) is 48.2 Å². The number of anilines is 1. The molecule has 1 aliphatic rings. The second-order valence-electron chi connectivity index (χ2n) is 8.35. The smallest absolute Gasteiger partial charge is 0.326 e. The lowest BCUT2D eigenvalue weighted by Gasteiger charge is -2.28. The third-order valence-electron chi connectivity index (χ3n) is 6.23. The number of nitrogens with one attached hydrogen (secondary N) is 2. The minimum atomic E-state index is -1.44. The third-order valence-corrected chi connectivity index (χ3v) is 6.23. The van der Waals surface area contributed by atoms with E-state index in [0.717, 1.165) is 16.0 Å². The lowest BCUT2D eigenvalue weighted by Crippen LogP contribution is -2.45. The van der Waals surface area contributed by atoms with Gasteiger partial charge in [-0.15, -0.1) is 0 Å². The highest BCUT2D eigenvalue weighted by atomic mass is 16.5. The second kappa shape index (κ2) is 9.50. The van der Waals surface area contributed by atoms with Crippen LogP contribution in [0.15, 0.2) is 66.7 Å². The second-order valence-corrected chi connectivity index (χ2v) is 8.35. The van der Waals surface area contributed by atoms with Crippen molar-refractivity contribution >= 4 is 23.5 Å². The van der Waals surface area contributed by atoms with Crippen LogP contribution in [0.2, 0.25) is 0 Å². The van der Waals surface area contributed by atoms with Gasteiger partial charge in [0.05, 0.1) is 19.9 Å². The molecule has 1 unspecified atom stereocenters. The number of ether oxygens (including phenoxy) is 2. The molecule has 1 atom stereocenters. The quantitative estimate of drug-likeness (QED) is 0.510. The summed E-state index contributed by atoms with van der Waals surface area (Å²) in [5.41, 5.74) is 2.22. The fraction of sp³-hybridized carbons (Fsp3) is 0.222. The Morgan fingerprint density at radius 1 is 0.914 bits per heavy atom. The highest BCUT2D eigenvalue weighted by Crippen LogP contribution is 2.37. The van der Waals surface area contributed by atoms with Crippen molar-refractivity contribution in [1.29, 1.82) is 0 Å². The summed E-state index contributed by atoms with van der Waals surface area (Å²) in [5, 5.41) is 5.58. The minimum Gasteiger partial charge on any atom is -0.497 e. The molecule has 1 aliphatic heterocycles. The van der Waals surface area contributed by atoms with Gasteiger partial charge in [0.15, 0.2) is 5.54 Å². The number of imide groups is 1. The lowest BCUT2D eigenvalue weighted by atomic mass is 9.81. The Morgan fingerprint density at radius 2 is 1.66 bits per heavy atom. The number of carbonyl (C=O) groups is 3. The van der Waals surface area contributed by atoms with Crippen molar-refractivity contribution in [2.45, 2.75) is 19.4 Å². The minimum absolute atomic E-state index is 0.368. The van der Waals surface area contributed by atoms with E-state index in [1.165, 1.54) is 14.2 Å². The van der Waals surface area contributed by atoms with E-state index < -0.39 is 29.9 Å². The summed E-state index contributed by atoms with van der Waals surface area (Å²) in [4.78, 5) is 40.8. The van der Waals surface area contributed by atoms with E-state index in [9.17, 15) is 14.4 Å². The van der Waals surface area contributed by atoms with Crippen LogP contribution in [0.25, 0.3) is 0 Å². The molecule has 0 aromatic heterocycles. The first-order valence-electron chi connectivity index (χ1n) is 11.1. The van der Waals surface area contributed by atoms with Gasteiger partial charge in [-0.3, -0.25) is 14.5 Å². The van der Waals surface area contributed by atoms with Crippen LogP contribution >= 0.6 is 0 Å². The first kappa shape index (κ1) is 23.8. The molecule has 0 bridgehead atoms. The molecule has 3 aromatic carbocycles. The van der Waals surface area contributed by atoms with Crippen LogP contribution in [-0.4, -0.2) is 43.5 Å². The normalized spacial score (nSPS) is 17.2. The zero-order valence-corrected chi connectivity index (χ0v) is 20.0.